The van der Waals surface area contributed by atoms with Crippen molar-refractivity contribution in [1.29, 1.82) is 0 Å². The van der Waals surface area contributed by atoms with Crippen molar-refractivity contribution in [1.82, 2.24) is 9.55 Å². The summed E-state index contributed by atoms with van der Waals surface area (Å²) in [6, 6.07) is 2.95. The van der Waals surface area contributed by atoms with Crippen molar-refractivity contribution in [3.8, 4) is 0 Å². The lowest BCUT2D eigenvalue weighted by Gasteiger charge is -2.01. The van der Waals surface area contributed by atoms with Crippen LogP contribution in [0.2, 0.25) is 0 Å². The van der Waals surface area contributed by atoms with Gasteiger partial charge in [0.15, 0.2) is 12.0 Å². The minimum atomic E-state index is -0.651. The van der Waals surface area contributed by atoms with Gasteiger partial charge in [0.2, 0.25) is 0 Å². The summed E-state index contributed by atoms with van der Waals surface area (Å²) in [5.74, 6) is 0.456. The molecule has 0 saturated carbocycles. The number of nitro groups is 1. The molecule has 0 aliphatic carbocycles. The predicted molar refractivity (Wildman–Crippen MR) is 58.3 cm³/mol. The molecule has 2 aromatic rings. The van der Waals surface area contributed by atoms with Crippen LogP contribution in [0.5, 0.6) is 0 Å². The molecule has 18 heavy (non-hydrogen) atoms. The van der Waals surface area contributed by atoms with E-state index < -0.39 is 10.6 Å². The van der Waals surface area contributed by atoms with Gasteiger partial charge in [-0.3, -0.25) is 19.5 Å². The summed E-state index contributed by atoms with van der Waals surface area (Å²) in [7, 11) is 0. The molecule has 2 heterocycles. The van der Waals surface area contributed by atoms with Gasteiger partial charge in [-0.05, 0) is 12.1 Å². The molecule has 2 aromatic heterocycles. The normalized spacial score (nSPS) is 10.2. The largest absolute Gasteiger partial charge is 0.456 e. The number of aldehydes is 1. The monoisotopic (exact) mass is 249 g/mol. The molecule has 0 unspecified atom stereocenters. The smallest absolute Gasteiger partial charge is 0.348 e. The van der Waals surface area contributed by atoms with E-state index in [1.165, 1.54) is 12.1 Å². The number of nitrogens with zero attached hydrogens (tertiary/aromatic N) is 3. The molecule has 2 rings (SSSR count). The van der Waals surface area contributed by atoms with Crippen molar-refractivity contribution in [3.05, 3.63) is 56.6 Å². The maximum Gasteiger partial charge on any atom is 0.348 e. The average molecular weight is 249 g/mol. The van der Waals surface area contributed by atoms with E-state index in [9.17, 15) is 19.7 Å². The van der Waals surface area contributed by atoms with Gasteiger partial charge in [-0.15, -0.1) is 0 Å². The van der Waals surface area contributed by atoms with E-state index in [0.29, 0.717) is 12.0 Å². The average Bonchev–Trinajstić information content (AvgIpc) is 2.79. The second-order valence-electron chi connectivity index (χ2n) is 3.40. The first kappa shape index (κ1) is 11.7. The molecule has 8 nitrogen and oxygen atoms in total. The second-order valence-corrected chi connectivity index (χ2v) is 3.40. The van der Waals surface area contributed by atoms with Gasteiger partial charge >= 0.3 is 11.4 Å². The lowest BCUT2D eigenvalue weighted by atomic mass is 10.4. The molecule has 0 aliphatic heterocycles. The van der Waals surface area contributed by atoms with E-state index >= 15 is 0 Å². The van der Waals surface area contributed by atoms with E-state index in [-0.39, 0.29) is 18.0 Å². The molecule has 0 aliphatic rings. The second kappa shape index (κ2) is 4.62. The lowest BCUT2D eigenvalue weighted by Crippen LogP contribution is -2.22. The zero-order chi connectivity index (χ0) is 13.1. The number of hydrogen-bond donors (Lipinski definition) is 0. The van der Waals surface area contributed by atoms with Crippen LogP contribution in [0.1, 0.15) is 16.3 Å². The maximum atomic E-state index is 11.4. The summed E-state index contributed by atoms with van der Waals surface area (Å²) < 4.78 is 6.10. The quantitative estimate of drug-likeness (QED) is 0.446. The highest BCUT2D eigenvalue weighted by Crippen LogP contribution is 2.09. The fraction of sp³-hybridized carbons (Fsp3) is 0.100. The first-order valence-electron chi connectivity index (χ1n) is 4.85. The van der Waals surface area contributed by atoms with Crippen LogP contribution in [0.4, 0.5) is 5.69 Å². The third kappa shape index (κ3) is 2.32. The van der Waals surface area contributed by atoms with Gasteiger partial charge in [-0.1, -0.05) is 0 Å². The van der Waals surface area contributed by atoms with Crippen LogP contribution < -0.4 is 5.69 Å². The number of aromatic nitrogens is 2. The van der Waals surface area contributed by atoms with Crippen molar-refractivity contribution < 1.29 is 14.1 Å². The van der Waals surface area contributed by atoms with Crippen LogP contribution in [0.3, 0.4) is 0 Å². The van der Waals surface area contributed by atoms with Crippen LogP contribution in [0, 0.1) is 10.1 Å². The Hall–Kier alpha value is -2.77. The van der Waals surface area contributed by atoms with Crippen LogP contribution in [-0.4, -0.2) is 20.8 Å². The number of carbonyl (C=O) groups is 1. The SMILES string of the molecule is O=Cc1ccc(Cn2cc([N+](=O)[O-])cnc2=O)o1. The minimum absolute atomic E-state index is 0.0264. The fourth-order valence-electron chi connectivity index (χ4n) is 1.36. The zero-order valence-electron chi connectivity index (χ0n) is 8.98. The number of hydrogen-bond acceptors (Lipinski definition) is 6. The Labute approximate surface area is 99.6 Å². The first-order chi connectivity index (χ1) is 8.60. The zero-order valence-corrected chi connectivity index (χ0v) is 8.98. The molecule has 0 atom stereocenters. The van der Waals surface area contributed by atoms with Gasteiger partial charge in [0.25, 0.3) is 0 Å². The summed E-state index contributed by atoms with van der Waals surface area (Å²) in [4.78, 5) is 35.1. The Kier molecular flexibility index (Phi) is 3.00. The summed E-state index contributed by atoms with van der Waals surface area (Å²) in [5, 5.41) is 10.5. The summed E-state index contributed by atoms with van der Waals surface area (Å²) in [6.45, 7) is -0.0264. The van der Waals surface area contributed by atoms with Crippen molar-refractivity contribution in [2.45, 2.75) is 6.54 Å². The van der Waals surface area contributed by atoms with Crippen LogP contribution in [-0.2, 0) is 6.54 Å². The topological polar surface area (TPSA) is 108 Å². The molecule has 0 amide bonds. The van der Waals surface area contributed by atoms with Gasteiger partial charge < -0.3 is 4.42 Å². The molecular weight excluding hydrogens is 242 g/mol. The van der Waals surface area contributed by atoms with Gasteiger partial charge in [-0.2, -0.15) is 4.98 Å². The van der Waals surface area contributed by atoms with Gasteiger partial charge in [-0.25, -0.2) is 4.79 Å². The van der Waals surface area contributed by atoms with Gasteiger partial charge in [0, 0.05) is 0 Å². The van der Waals surface area contributed by atoms with E-state index in [1.807, 2.05) is 0 Å². The number of carbonyl (C=O) groups excluding carboxylic acids is 1. The Morgan fingerprint density at radius 2 is 2.28 bits per heavy atom. The Balaban J connectivity index is 2.33. The lowest BCUT2D eigenvalue weighted by molar-refractivity contribution is -0.385. The minimum Gasteiger partial charge on any atom is -0.456 e. The van der Waals surface area contributed by atoms with E-state index in [1.54, 1.807) is 0 Å². The third-order valence-corrected chi connectivity index (χ3v) is 2.18. The Morgan fingerprint density at radius 1 is 1.50 bits per heavy atom. The van der Waals surface area contributed by atoms with Crippen LogP contribution >= 0.6 is 0 Å². The molecule has 92 valence electrons. The highest BCUT2D eigenvalue weighted by Gasteiger charge is 2.10. The fourth-order valence-corrected chi connectivity index (χ4v) is 1.36. The number of rotatable bonds is 4. The van der Waals surface area contributed by atoms with E-state index in [2.05, 4.69) is 4.98 Å². The summed E-state index contributed by atoms with van der Waals surface area (Å²) >= 11 is 0. The van der Waals surface area contributed by atoms with Crippen molar-refractivity contribution in [2.75, 3.05) is 0 Å². The molecule has 0 spiro atoms. The molecule has 8 heteroatoms. The molecule has 0 radical (unpaired) electrons. The molecular formula is C10H7N3O5. The predicted octanol–water partition coefficient (Wildman–Crippen LogP) is 0.605. The molecule has 0 saturated heterocycles. The molecule has 0 bridgehead atoms. The summed E-state index contributed by atoms with van der Waals surface area (Å²) in [5.41, 5.74) is -0.929. The van der Waals surface area contributed by atoms with E-state index in [4.69, 9.17) is 4.42 Å². The highest BCUT2D eigenvalue weighted by atomic mass is 16.6. The molecule has 0 N–H and O–H groups in total. The third-order valence-electron chi connectivity index (χ3n) is 2.18. The van der Waals surface area contributed by atoms with Crippen molar-refractivity contribution in [3.63, 3.8) is 0 Å². The maximum absolute atomic E-state index is 11.4. The standard InChI is InChI=1S/C10H7N3O5/c14-6-9-2-1-8(18-9)5-12-4-7(13(16)17)3-11-10(12)15/h1-4,6H,5H2. The van der Waals surface area contributed by atoms with Gasteiger partial charge in [0.05, 0.1) is 17.7 Å². The molecule has 0 fully saturated rings. The van der Waals surface area contributed by atoms with Crippen LogP contribution in [0.25, 0.3) is 0 Å². The number of furan rings is 1. The van der Waals surface area contributed by atoms with E-state index in [0.717, 1.165) is 17.0 Å². The summed E-state index contributed by atoms with van der Waals surface area (Å²) in [6.07, 6.45) is 2.48. The van der Waals surface area contributed by atoms with Crippen molar-refractivity contribution >= 4 is 12.0 Å². The van der Waals surface area contributed by atoms with Crippen LogP contribution in [0.15, 0.2) is 33.7 Å². The Morgan fingerprint density at radius 3 is 2.89 bits per heavy atom. The highest BCUT2D eigenvalue weighted by molar-refractivity contribution is 5.70. The first-order valence-corrected chi connectivity index (χ1v) is 4.85. The van der Waals surface area contributed by atoms with Crippen molar-refractivity contribution in [2.24, 2.45) is 0 Å². The Bertz CT molecular complexity index is 658. The van der Waals surface area contributed by atoms with Gasteiger partial charge in [0.1, 0.15) is 12.0 Å². The molecule has 0 aromatic carbocycles.